The predicted molar refractivity (Wildman–Crippen MR) is 60.0 cm³/mol. The van der Waals surface area contributed by atoms with Gasteiger partial charge in [0.25, 0.3) is 0 Å². The number of rotatable bonds is 6. The lowest BCUT2D eigenvalue weighted by molar-refractivity contribution is -0.140. The third-order valence-corrected chi connectivity index (χ3v) is 3.64. The largest absolute Gasteiger partial charge is 0.480 e. The molecular formula is C10H11F2NO5S. The van der Waals surface area contributed by atoms with Crippen molar-refractivity contribution in [3.8, 4) is 0 Å². The lowest BCUT2D eigenvalue weighted by Crippen LogP contribution is -2.44. The van der Waals surface area contributed by atoms with Crippen molar-refractivity contribution in [2.45, 2.75) is 10.9 Å². The minimum Gasteiger partial charge on any atom is -0.480 e. The molecule has 0 bridgehead atoms. The number of carboxylic acid groups (broad SMARTS) is 1. The van der Waals surface area contributed by atoms with Crippen LogP contribution >= 0.6 is 0 Å². The lowest BCUT2D eigenvalue weighted by Gasteiger charge is -2.14. The highest BCUT2D eigenvalue weighted by Gasteiger charge is 2.29. The maximum atomic E-state index is 13.3. The van der Waals surface area contributed by atoms with Gasteiger partial charge in [-0.1, -0.05) is 6.07 Å². The molecule has 106 valence electrons. The van der Waals surface area contributed by atoms with Crippen LogP contribution in [0.25, 0.3) is 0 Å². The highest BCUT2D eigenvalue weighted by molar-refractivity contribution is 7.89. The van der Waals surface area contributed by atoms with Crippen molar-refractivity contribution >= 4 is 16.0 Å². The van der Waals surface area contributed by atoms with E-state index in [1.165, 1.54) is 0 Å². The second kappa shape index (κ2) is 6.04. The standard InChI is InChI=1S/C10H11F2NO5S/c1-18-5-8(10(14)15)13-19(16,17)9-6(11)3-2-4-7(9)12/h2-4,8,13H,5H2,1H3,(H,14,15). The molecule has 9 heteroatoms. The first-order valence-corrected chi connectivity index (χ1v) is 6.46. The molecule has 1 aromatic carbocycles. The van der Waals surface area contributed by atoms with Gasteiger partial charge >= 0.3 is 5.97 Å². The van der Waals surface area contributed by atoms with Crippen LogP contribution in [-0.2, 0) is 19.6 Å². The third kappa shape index (κ3) is 3.69. The maximum Gasteiger partial charge on any atom is 0.324 e. The summed E-state index contributed by atoms with van der Waals surface area (Å²) in [6.07, 6.45) is 0. The number of carbonyl (C=O) groups is 1. The van der Waals surface area contributed by atoms with Crippen LogP contribution in [0.5, 0.6) is 0 Å². The number of carboxylic acids is 1. The molecule has 0 aliphatic carbocycles. The monoisotopic (exact) mass is 295 g/mol. The lowest BCUT2D eigenvalue weighted by atomic mass is 10.3. The average Bonchev–Trinajstić information content (AvgIpc) is 2.27. The first-order valence-electron chi connectivity index (χ1n) is 4.97. The molecule has 2 N–H and O–H groups in total. The second-order valence-electron chi connectivity index (χ2n) is 3.52. The fourth-order valence-corrected chi connectivity index (χ4v) is 2.62. The highest BCUT2D eigenvalue weighted by atomic mass is 32.2. The first-order chi connectivity index (χ1) is 8.79. The second-order valence-corrected chi connectivity index (χ2v) is 5.17. The number of hydrogen-bond acceptors (Lipinski definition) is 4. The smallest absolute Gasteiger partial charge is 0.324 e. The minimum atomic E-state index is -4.65. The summed E-state index contributed by atoms with van der Waals surface area (Å²) in [4.78, 5) is 9.55. The Bertz CT molecular complexity index is 555. The number of ether oxygens (including phenoxy) is 1. The Labute approximate surface area is 108 Å². The number of halogens is 2. The number of sulfonamides is 1. The van der Waals surface area contributed by atoms with Crippen LogP contribution in [0.3, 0.4) is 0 Å². The number of benzene rings is 1. The van der Waals surface area contributed by atoms with Crippen LogP contribution in [0.15, 0.2) is 23.1 Å². The van der Waals surface area contributed by atoms with E-state index < -0.39 is 45.2 Å². The van der Waals surface area contributed by atoms with E-state index in [4.69, 9.17) is 5.11 Å². The van der Waals surface area contributed by atoms with Crippen molar-refractivity contribution < 1.29 is 31.8 Å². The summed E-state index contributed by atoms with van der Waals surface area (Å²) in [6, 6.07) is 0.857. The normalized spacial score (nSPS) is 13.2. The van der Waals surface area contributed by atoms with Crippen LogP contribution in [-0.4, -0.2) is 39.3 Å². The summed E-state index contributed by atoms with van der Waals surface area (Å²) in [5.41, 5.74) is 0. The number of aliphatic carboxylic acids is 1. The Morgan fingerprint density at radius 2 is 1.95 bits per heavy atom. The van der Waals surface area contributed by atoms with E-state index in [2.05, 4.69) is 4.74 Å². The van der Waals surface area contributed by atoms with Gasteiger partial charge in [-0.3, -0.25) is 4.79 Å². The molecule has 0 heterocycles. The Morgan fingerprint density at radius 1 is 1.42 bits per heavy atom. The SMILES string of the molecule is COCC(NS(=O)(=O)c1c(F)cccc1F)C(=O)O. The molecule has 6 nitrogen and oxygen atoms in total. The minimum absolute atomic E-state index is 0.482. The van der Waals surface area contributed by atoms with Gasteiger partial charge in [0.05, 0.1) is 6.61 Å². The molecule has 1 rings (SSSR count). The van der Waals surface area contributed by atoms with Gasteiger partial charge in [-0.05, 0) is 12.1 Å². The van der Waals surface area contributed by atoms with E-state index in [9.17, 15) is 22.0 Å². The summed E-state index contributed by atoms with van der Waals surface area (Å²) in [7, 11) is -3.49. The molecule has 0 aliphatic rings. The van der Waals surface area contributed by atoms with E-state index in [1.807, 2.05) is 0 Å². The molecule has 0 saturated carbocycles. The van der Waals surface area contributed by atoms with Gasteiger partial charge in [-0.2, -0.15) is 4.72 Å². The summed E-state index contributed by atoms with van der Waals surface area (Å²) < 4.78 is 56.4. The van der Waals surface area contributed by atoms with E-state index in [-0.39, 0.29) is 0 Å². The summed E-state index contributed by atoms with van der Waals surface area (Å²) in [6.45, 7) is -0.482. The van der Waals surface area contributed by atoms with Gasteiger partial charge in [-0.25, -0.2) is 17.2 Å². The van der Waals surface area contributed by atoms with E-state index in [0.29, 0.717) is 0 Å². The highest BCUT2D eigenvalue weighted by Crippen LogP contribution is 2.18. The molecule has 1 unspecified atom stereocenters. The van der Waals surface area contributed by atoms with Crippen molar-refractivity contribution in [2.24, 2.45) is 0 Å². The van der Waals surface area contributed by atoms with Gasteiger partial charge in [0.1, 0.15) is 17.7 Å². The van der Waals surface area contributed by atoms with Crippen LogP contribution < -0.4 is 4.72 Å². The average molecular weight is 295 g/mol. The summed E-state index contributed by atoms with van der Waals surface area (Å²) in [5, 5.41) is 8.76. The van der Waals surface area contributed by atoms with Crippen LogP contribution in [0.1, 0.15) is 0 Å². The Hall–Kier alpha value is -1.58. The molecule has 0 aromatic heterocycles. The van der Waals surface area contributed by atoms with E-state index in [0.717, 1.165) is 25.3 Å². The van der Waals surface area contributed by atoms with Crippen molar-refractivity contribution in [3.63, 3.8) is 0 Å². The quantitative estimate of drug-likeness (QED) is 0.789. The number of hydrogen-bond donors (Lipinski definition) is 2. The third-order valence-electron chi connectivity index (χ3n) is 2.12. The molecule has 0 amide bonds. The fraction of sp³-hybridized carbons (Fsp3) is 0.300. The van der Waals surface area contributed by atoms with Crippen molar-refractivity contribution in [2.75, 3.05) is 13.7 Å². The van der Waals surface area contributed by atoms with Crippen molar-refractivity contribution in [1.29, 1.82) is 0 Å². The Balaban J connectivity index is 3.14. The molecule has 1 atom stereocenters. The Kier molecular flexibility index (Phi) is 4.92. The van der Waals surface area contributed by atoms with Crippen LogP contribution in [0.2, 0.25) is 0 Å². The predicted octanol–water partition coefficient (Wildman–Crippen LogP) is 0.343. The molecule has 19 heavy (non-hydrogen) atoms. The fourth-order valence-electron chi connectivity index (χ4n) is 1.31. The van der Waals surface area contributed by atoms with Gasteiger partial charge < -0.3 is 9.84 Å². The first kappa shape index (κ1) is 15.5. The molecular weight excluding hydrogens is 284 g/mol. The Morgan fingerprint density at radius 3 is 2.37 bits per heavy atom. The number of methoxy groups -OCH3 is 1. The topological polar surface area (TPSA) is 92.7 Å². The van der Waals surface area contributed by atoms with E-state index in [1.54, 1.807) is 4.72 Å². The van der Waals surface area contributed by atoms with Crippen LogP contribution in [0, 0.1) is 11.6 Å². The van der Waals surface area contributed by atoms with Gasteiger partial charge in [-0.15, -0.1) is 0 Å². The zero-order chi connectivity index (χ0) is 14.6. The molecule has 0 aliphatic heterocycles. The van der Waals surface area contributed by atoms with Gasteiger partial charge in [0.15, 0.2) is 4.90 Å². The summed E-state index contributed by atoms with van der Waals surface area (Å²) in [5.74, 6) is -4.15. The molecule has 0 fully saturated rings. The van der Waals surface area contributed by atoms with Crippen molar-refractivity contribution in [1.82, 2.24) is 4.72 Å². The molecule has 0 radical (unpaired) electrons. The zero-order valence-electron chi connectivity index (χ0n) is 9.76. The molecule has 0 spiro atoms. The van der Waals surface area contributed by atoms with Gasteiger partial charge in [0.2, 0.25) is 10.0 Å². The summed E-state index contributed by atoms with van der Waals surface area (Å²) >= 11 is 0. The van der Waals surface area contributed by atoms with E-state index >= 15 is 0 Å². The van der Waals surface area contributed by atoms with Gasteiger partial charge in [0, 0.05) is 7.11 Å². The molecule has 1 aromatic rings. The molecule has 0 saturated heterocycles. The number of nitrogens with one attached hydrogen (secondary N) is 1. The zero-order valence-corrected chi connectivity index (χ0v) is 10.6. The maximum absolute atomic E-state index is 13.3. The van der Waals surface area contributed by atoms with Crippen LogP contribution in [0.4, 0.5) is 8.78 Å². The van der Waals surface area contributed by atoms with Crippen molar-refractivity contribution in [3.05, 3.63) is 29.8 Å².